The molecule has 0 unspecified atom stereocenters. The monoisotopic (exact) mass is 406 g/mol. The Hall–Kier alpha value is -3.87. The van der Waals surface area contributed by atoms with E-state index < -0.39 is 24.0 Å². The van der Waals surface area contributed by atoms with Crippen molar-refractivity contribution in [2.75, 3.05) is 6.54 Å². The van der Waals surface area contributed by atoms with E-state index in [1.807, 2.05) is 72.8 Å². The standard InChI is InChI=1S/C23H22N2O5/c26-21(14-24-23(29)30-15-16-7-2-1-3-8-16)25-20(22(27)28)13-18-11-6-10-17-9-4-5-12-19(17)18/h1-12,20H,13-15H2,(H,24,29)(H,25,26)(H,27,28)/t20-/m1/s1. The number of hydrogen-bond donors (Lipinski definition) is 3. The molecule has 0 aliphatic rings. The summed E-state index contributed by atoms with van der Waals surface area (Å²) in [5.74, 6) is -1.76. The minimum atomic E-state index is -1.15. The fourth-order valence-corrected chi connectivity index (χ4v) is 3.06. The third kappa shape index (κ3) is 5.81. The van der Waals surface area contributed by atoms with Gasteiger partial charge < -0.3 is 20.5 Å². The molecule has 0 heterocycles. The highest BCUT2D eigenvalue weighted by Gasteiger charge is 2.21. The minimum Gasteiger partial charge on any atom is -0.480 e. The van der Waals surface area contributed by atoms with Crippen molar-refractivity contribution in [1.82, 2.24) is 10.6 Å². The van der Waals surface area contributed by atoms with Crippen LogP contribution in [-0.2, 0) is 27.4 Å². The van der Waals surface area contributed by atoms with Crippen molar-refractivity contribution in [2.24, 2.45) is 0 Å². The number of rotatable bonds is 8. The summed E-state index contributed by atoms with van der Waals surface area (Å²) in [6.45, 7) is -0.305. The van der Waals surface area contributed by atoms with Crippen molar-refractivity contribution >= 4 is 28.7 Å². The predicted octanol–water partition coefficient (Wildman–Crippen LogP) is 2.88. The molecule has 7 heteroatoms. The van der Waals surface area contributed by atoms with Gasteiger partial charge in [-0.3, -0.25) is 4.79 Å². The van der Waals surface area contributed by atoms with Gasteiger partial charge in [-0.25, -0.2) is 9.59 Å². The van der Waals surface area contributed by atoms with Crippen LogP contribution >= 0.6 is 0 Å². The Balaban J connectivity index is 1.52. The second-order valence-electron chi connectivity index (χ2n) is 6.72. The molecule has 0 radical (unpaired) electrons. The summed E-state index contributed by atoms with van der Waals surface area (Å²) in [6.07, 6.45) is -0.629. The molecule has 2 amide bonds. The number of hydrogen-bond acceptors (Lipinski definition) is 4. The number of amides is 2. The van der Waals surface area contributed by atoms with Crippen LogP contribution in [0.1, 0.15) is 11.1 Å². The Bertz CT molecular complexity index is 1030. The number of carbonyl (C=O) groups excluding carboxylic acids is 2. The van der Waals surface area contributed by atoms with Crippen LogP contribution in [0.25, 0.3) is 10.8 Å². The molecule has 0 aromatic heterocycles. The molecule has 0 aliphatic carbocycles. The van der Waals surface area contributed by atoms with Gasteiger partial charge in [0.2, 0.25) is 5.91 Å². The van der Waals surface area contributed by atoms with Crippen molar-refractivity contribution in [3.05, 3.63) is 83.9 Å². The number of carboxylic acid groups (broad SMARTS) is 1. The van der Waals surface area contributed by atoms with Crippen LogP contribution < -0.4 is 10.6 Å². The second-order valence-corrected chi connectivity index (χ2v) is 6.72. The molecule has 3 aromatic carbocycles. The zero-order chi connectivity index (χ0) is 21.3. The van der Waals surface area contributed by atoms with Gasteiger partial charge in [-0.05, 0) is 21.9 Å². The maximum Gasteiger partial charge on any atom is 0.407 e. The maximum atomic E-state index is 12.1. The Morgan fingerprint density at radius 2 is 1.60 bits per heavy atom. The summed E-state index contributed by atoms with van der Waals surface area (Å²) in [4.78, 5) is 35.5. The van der Waals surface area contributed by atoms with E-state index >= 15 is 0 Å². The Morgan fingerprint density at radius 3 is 2.37 bits per heavy atom. The third-order valence-electron chi connectivity index (χ3n) is 4.54. The first-order valence-electron chi connectivity index (χ1n) is 9.46. The van der Waals surface area contributed by atoms with E-state index in [-0.39, 0.29) is 19.6 Å². The zero-order valence-electron chi connectivity index (χ0n) is 16.2. The van der Waals surface area contributed by atoms with Gasteiger partial charge in [0.1, 0.15) is 19.2 Å². The number of benzene rings is 3. The lowest BCUT2D eigenvalue weighted by atomic mass is 9.99. The molecule has 3 rings (SSSR count). The lowest BCUT2D eigenvalue weighted by Gasteiger charge is -2.16. The van der Waals surface area contributed by atoms with Crippen LogP contribution in [-0.4, -0.2) is 35.7 Å². The summed E-state index contributed by atoms with van der Waals surface area (Å²) in [5, 5.41) is 16.2. The van der Waals surface area contributed by atoms with Gasteiger partial charge in [-0.15, -0.1) is 0 Å². The second kappa shape index (κ2) is 10.1. The van der Waals surface area contributed by atoms with E-state index in [4.69, 9.17) is 4.74 Å². The Kier molecular flexibility index (Phi) is 7.00. The van der Waals surface area contributed by atoms with Crippen LogP contribution in [0.2, 0.25) is 0 Å². The molecule has 1 atom stereocenters. The van der Waals surface area contributed by atoms with Crippen molar-refractivity contribution in [2.45, 2.75) is 19.1 Å². The Morgan fingerprint density at radius 1 is 0.900 bits per heavy atom. The molecule has 0 aliphatic heterocycles. The number of nitrogens with one attached hydrogen (secondary N) is 2. The van der Waals surface area contributed by atoms with Gasteiger partial charge in [0.05, 0.1) is 0 Å². The van der Waals surface area contributed by atoms with Gasteiger partial charge >= 0.3 is 12.1 Å². The molecule has 0 spiro atoms. The van der Waals surface area contributed by atoms with Crippen molar-refractivity contribution in [3.63, 3.8) is 0 Å². The van der Waals surface area contributed by atoms with E-state index in [1.54, 1.807) is 0 Å². The number of aliphatic carboxylic acids is 1. The molecular weight excluding hydrogens is 384 g/mol. The smallest absolute Gasteiger partial charge is 0.407 e. The van der Waals surface area contributed by atoms with Gasteiger partial charge in [0.25, 0.3) is 0 Å². The van der Waals surface area contributed by atoms with E-state index in [9.17, 15) is 19.5 Å². The average Bonchev–Trinajstić information content (AvgIpc) is 2.76. The summed E-state index contributed by atoms with van der Waals surface area (Å²) in [7, 11) is 0. The molecule has 0 bridgehead atoms. The predicted molar refractivity (Wildman–Crippen MR) is 112 cm³/mol. The highest BCUT2D eigenvalue weighted by atomic mass is 16.5. The summed E-state index contributed by atoms with van der Waals surface area (Å²) in [6, 6.07) is 21.3. The van der Waals surface area contributed by atoms with Crippen molar-refractivity contribution in [1.29, 1.82) is 0 Å². The van der Waals surface area contributed by atoms with Gasteiger partial charge in [-0.1, -0.05) is 72.8 Å². The van der Waals surface area contributed by atoms with E-state index in [2.05, 4.69) is 10.6 Å². The number of carbonyl (C=O) groups is 3. The average molecular weight is 406 g/mol. The van der Waals surface area contributed by atoms with Crippen molar-refractivity contribution < 1.29 is 24.2 Å². The first-order chi connectivity index (χ1) is 14.5. The van der Waals surface area contributed by atoms with E-state index in [0.717, 1.165) is 21.9 Å². The fraction of sp³-hybridized carbons (Fsp3) is 0.174. The molecular formula is C23H22N2O5. The molecule has 30 heavy (non-hydrogen) atoms. The van der Waals surface area contributed by atoms with Gasteiger partial charge in [-0.2, -0.15) is 0 Å². The summed E-state index contributed by atoms with van der Waals surface area (Å²) >= 11 is 0. The molecule has 154 valence electrons. The number of alkyl carbamates (subject to hydrolysis) is 1. The first kappa shape index (κ1) is 20.9. The van der Waals surface area contributed by atoms with Crippen molar-refractivity contribution in [3.8, 4) is 0 Å². The summed E-state index contributed by atoms with van der Waals surface area (Å²) in [5.41, 5.74) is 1.63. The highest BCUT2D eigenvalue weighted by Crippen LogP contribution is 2.19. The lowest BCUT2D eigenvalue weighted by Crippen LogP contribution is -2.46. The number of ether oxygens (including phenoxy) is 1. The van der Waals surface area contributed by atoms with Crippen LogP contribution in [0.3, 0.4) is 0 Å². The molecule has 3 aromatic rings. The summed E-state index contributed by atoms with van der Waals surface area (Å²) < 4.78 is 5.03. The SMILES string of the molecule is O=C(CNC(=O)OCc1ccccc1)N[C@H](Cc1cccc2ccccc12)C(=O)O. The Labute approximate surface area is 173 Å². The normalized spacial score (nSPS) is 11.5. The molecule has 0 saturated carbocycles. The highest BCUT2D eigenvalue weighted by molar-refractivity contribution is 5.89. The number of carboxylic acids is 1. The minimum absolute atomic E-state index is 0.0765. The van der Waals surface area contributed by atoms with Crippen LogP contribution in [0.15, 0.2) is 72.8 Å². The van der Waals surface area contributed by atoms with E-state index in [1.165, 1.54) is 0 Å². The lowest BCUT2D eigenvalue weighted by molar-refractivity contribution is -0.141. The van der Waals surface area contributed by atoms with Gasteiger partial charge in [0.15, 0.2) is 0 Å². The third-order valence-corrected chi connectivity index (χ3v) is 4.54. The van der Waals surface area contributed by atoms with Gasteiger partial charge in [0, 0.05) is 6.42 Å². The van der Waals surface area contributed by atoms with Crippen LogP contribution in [0.4, 0.5) is 4.79 Å². The molecule has 0 fully saturated rings. The quantitative estimate of drug-likeness (QED) is 0.534. The van der Waals surface area contributed by atoms with Crippen LogP contribution in [0.5, 0.6) is 0 Å². The van der Waals surface area contributed by atoms with E-state index in [0.29, 0.717) is 0 Å². The zero-order valence-corrected chi connectivity index (χ0v) is 16.2. The molecule has 3 N–H and O–H groups in total. The topological polar surface area (TPSA) is 105 Å². The number of fused-ring (bicyclic) bond motifs is 1. The molecule has 0 saturated heterocycles. The fourth-order valence-electron chi connectivity index (χ4n) is 3.06. The largest absolute Gasteiger partial charge is 0.480 e. The first-order valence-corrected chi connectivity index (χ1v) is 9.46. The maximum absolute atomic E-state index is 12.1. The van der Waals surface area contributed by atoms with Crippen LogP contribution in [0, 0.1) is 0 Å². The molecule has 7 nitrogen and oxygen atoms in total.